The monoisotopic (exact) mass is 241 g/mol. The molecule has 3 heteroatoms. The molecule has 0 aliphatic rings. The Hall–Kier alpha value is -1.92. The molecule has 0 aliphatic heterocycles. The minimum absolute atomic E-state index is 0.601. The smallest absolute Gasteiger partial charge is 0.140 e. The molecule has 84 valence electrons. The van der Waals surface area contributed by atoms with Crippen LogP contribution in [0, 0.1) is 11.3 Å². The van der Waals surface area contributed by atoms with E-state index in [9.17, 15) is 0 Å². The van der Waals surface area contributed by atoms with Crippen molar-refractivity contribution in [1.29, 1.82) is 5.26 Å². The quantitative estimate of drug-likeness (QED) is 0.759. The van der Waals surface area contributed by atoms with Crippen LogP contribution >= 0.6 is 11.8 Å². The van der Waals surface area contributed by atoms with Gasteiger partial charge in [-0.25, -0.2) is 0 Å². The van der Waals surface area contributed by atoms with Crippen LogP contribution in [-0.2, 0) is 0 Å². The van der Waals surface area contributed by atoms with E-state index < -0.39 is 0 Å². The molecule has 0 unspecified atom stereocenters. The van der Waals surface area contributed by atoms with E-state index in [1.165, 1.54) is 0 Å². The van der Waals surface area contributed by atoms with Crippen LogP contribution in [0.1, 0.15) is 5.56 Å². The Morgan fingerprint density at radius 3 is 2.71 bits per heavy atom. The molecule has 2 aromatic carbocycles. The SMILES string of the molecule is CSc1ccccc1Oc1cccc(C#N)c1. The molecule has 2 nitrogen and oxygen atoms in total. The van der Waals surface area contributed by atoms with Gasteiger partial charge < -0.3 is 4.74 Å². The highest BCUT2D eigenvalue weighted by atomic mass is 32.2. The van der Waals surface area contributed by atoms with Crippen LogP contribution in [0.25, 0.3) is 0 Å². The minimum Gasteiger partial charge on any atom is -0.456 e. The van der Waals surface area contributed by atoms with Gasteiger partial charge in [-0.1, -0.05) is 18.2 Å². The van der Waals surface area contributed by atoms with Crippen molar-refractivity contribution < 1.29 is 4.74 Å². The van der Waals surface area contributed by atoms with E-state index in [2.05, 4.69) is 6.07 Å². The van der Waals surface area contributed by atoms with Crippen LogP contribution < -0.4 is 4.74 Å². The Labute approximate surface area is 105 Å². The van der Waals surface area contributed by atoms with Crippen molar-refractivity contribution in [3.63, 3.8) is 0 Å². The number of nitriles is 1. The molecule has 0 N–H and O–H groups in total. The van der Waals surface area contributed by atoms with E-state index >= 15 is 0 Å². The zero-order valence-corrected chi connectivity index (χ0v) is 10.2. The van der Waals surface area contributed by atoms with Gasteiger partial charge in [0.2, 0.25) is 0 Å². The highest BCUT2D eigenvalue weighted by Crippen LogP contribution is 2.31. The summed E-state index contributed by atoms with van der Waals surface area (Å²) < 4.78 is 5.77. The van der Waals surface area contributed by atoms with Crippen molar-refractivity contribution in [2.24, 2.45) is 0 Å². The van der Waals surface area contributed by atoms with Gasteiger partial charge in [0.05, 0.1) is 11.6 Å². The normalized spacial score (nSPS) is 9.65. The first-order chi connectivity index (χ1) is 8.33. The average molecular weight is 241 g/mol. The van der Waals surface area contributed by atoms with Crippen LogP contribution in [0.4, 0.5) is 0 Å². The number of nitrogens with zero attached hydrogens (tertiary/aromatic N) is 1. The van der Waals surface area contributed by atoms with Crippen LogP contribution in [0.3, 0.4) is 0 Å². The van der Waals surface area contributed by atoms with E-state index in [0.29, 0.717) is 11.3 Å². The van der Waals surface area contributed by atoms with Crippen LogP contribution in [0.5, 0.6) is 11.5 Å². The van der Waals surface area contributed by atoms with Gasteiger partial charge in [-0.05, 0) is 36.6 Å². The summed E-state index contributed by atoms with van der Waals surface area (Å²) in [5, 5.41) is 8.82. The summed E-state index contributed by atoms with van der Waals surface area (Å²) in [5.74, 6) is 1.50. The lowest BCUT2D eigenvalue weighted by molar-refractivity contribution is 0.471. The Morgan fingerprint density at radius 2 is 1.94 bits per heavy atom. The molecule has 0 saturated carbocycles. The predicted octanol–water partition coefficient (Wildman–Crippen LogP) is 4.07. The fourth-order valence-electron chi connectivity index (χ4n) is 1.46. The lowest BCUT2D eigenvalue weighted by Gasteiger charge is -2.09. The van der Waals surface area contributed by atoms with Gasteiger partial charge in [-0.3, -0.25) is 0 Å². The number of para-hydroxylation sites is 1. The van der Waals surface area contributed by atoms with Crippen LogP contribution in [-0.4, -0.2) is 6.26 Å². The van der Waals surface area contributed by atoms with Gasteiger partial charge in [0.1, 0.15) is 11.5 Å². The third kappa shape index (κ3) is 2.80. The Kier molecular flexibility index (Phi) is 3.69. The van der Waals surface area contributed by atoms with Gasteiger partial charge in [0, 0.05) is 4.90 Å². The van der Waals surface area contributed by atoms with Crippen molar-refractivity contribution >= 4 is 11.8 Å². The molecule has 0 saturated heterocycles. The summed E-state index contributed by atoms with van der Waals surface area (Å²) in [7, 11) is 0. The molecule has 0 aromatic heterocycles. The number of rotatable bonds is 3. The Morgan fingerprint density at radius 1 is 1.12 bits per heavy atom. The molecule has 0 amide bonds. The lowest BCUT2D eigenvalue weighted by atomic mass is 10.2. The zero-order valence-electron chi connectivity index (χ0n) is 9.38. The maximum atomic E-state index is 8.82. The molecule has 0 spiro atoms. The summed E-state index contributed by atoms with van der Waals surface area (Å²) in [4.78, 5) is 1.08. The summed E-state index contributed by atoms with van der Waals surface area (Å²) >= 11 is 1.63. The maximum Gasteiger partial charge on any atom is 0.140 e. The van der Waals surface area contributed by atoms with Crippen molar-refractivity contribution in [1.82, 2.24) is 0 Å². The zero-order chi connectivity index (χ0) is 12.1. The van der Waals surface area contributed by atoms with Crippen molar-refractivity contribution in [2.75, 3.05) is 6.26 Å². The number of thioether (sulfide) groups is 1. The second-order valence-corrected chi connectivity index (χ2v) is 4.24. The van der Waals surface area contributed by atoms with Gasteiger partial charge in [0.25, 0.3) is 0 Å². The Balaban J connectivity index is 2.28. The third-order valence-electron chi connectivity index (χ3n) is 2.26. The van der Waals surface area contributed by atoms with Crippen molar-refractivity contribution in [3.05, 3.63) is 54.1 Å². The van der Waals surface area contributed by atoms with Crippen LogP contribution in [0.15, 0.2) is 53.4 Å². The standard InChI is InChI=1S/C14H11NOS/c1-17-14-8-3-2-7-13(14)16-12-6-4-5-11(9-12)10-15/h2-9H,1H3. The minimum atomic E-state index is 0.601. The predicted molar refractivity (Wildman–Crippen MR) is 69.5 cm³/mol. The average Bonchev–Trinajstić information content (AvgIpc) is 2.39. The van der Waals surface area contributed by atoms with E-state index in [4.69, 9.17) is 10.00 Å². The molecule has 0 aliphatic carbocycles. The summed E-state index contributed by atoms with van der Waals surface area (Å²) in [6, 6.07) is 17.1. The highest BCUT2D eigenvalue weighted by molar-refractivity contribution is 7.98. The summed E-state index contributed by atoms with van der Waals surface area (Å²) in [6.45, 7) is 0. The number of benzene rings is 2. The second kappa shape index (κ2) is 5.42. The van der Waals surface area contributed by atoms with Gasteiger partial charge in [0.15, 0.2) is 0 Å². The summed E-state index contributed by atoms with van der Waals surface area (Å²) in [5.41, 5.74) is 0.601. The van der Waals surface area contributed by atoms with E-state index in [-0.39, 0.29) is 0 Å². The highest BCUT2D eigenvalue weighted by Gasteiger charge is 2.03. The first kappa shape index (κ1) is 11.6. The fraction of sp³-hybridized carbons (Fsp3) is 0.0714. The molecule has 0 atom stereocenters. The van der Waals surface area contributed by atoms with E-state index in [0.717, 1.165) is 10.6 Å². The number of hydrogen-bond acceptors (Lipinski definition) is 3. The second-order valence-electron chi connectivity index (χ2n) is 3.39. The maximum absolute atomic E-state index is 8.82. The molecular weight excluding hydrogens is 230 g/mol. The summed E-state index contributed by atoms with van der Waals surface area (Å²) in [6.07, 6.45) is 2.01. The topological polar surface area (TPSA) is 33.0 Å². The molecule has 17 heavy (non-hydrogen) atoms. The fourth-order valence-corrected chi connectivity index (χ4v) is 1.98. The molecule has 0 radical (unpaired) electrons. The number of hydrogen-bond donors (Lipinski definition) is 0. The largest absolute Gasteiger partial charge is 0.456 e. The van der Waals surface area contributed by atoms with E-state index in [1.54, 1.807) is 23.9 Å². The van der Waals surface area contributed by atoms with Crippen molar-refractivity contribution in [2.45, 2.75) is 4.90 Å². The van der Waals surface area contributed by atoms with Gasteiger partial charge in [-0.2, -0.15) is 5.26 Å². The van der Waals surface area contributed by atoms with Gasteiger partial charge in [-0.15, -0.1) is 11.8 Å². The molecule has 0 bridgehead atoms. The molecular formula is C14H11NOS. The van der Waals surface area contributed by atoms with Gasteiger partial charge >= 0.3 is 0 Å². The molecule has 0 fully saturated rings. The van der Waals surface area contributed by atoms with Crippen LogP contribution in [0.2, 0.25) is 0 Å². The van der Waals surface area contributed by atoms with E-state index in [1.807, 2.05) is 42.7 Å². The molecule has 2 rings (SSSR count). The Bertz CT molecular complexity index is 560. The van der Waals surface area contributed by atoms with Crippen molar-refractivity contribution in [3.8, 4) is 17.6 Å². The molecule has 0 heterocycles. The third-order valence-corrected chi connectivity index (χ3v) is 3.04. The number of ether oxygens (including phenoxy) is 1. The first-order valence-electron chi connectivity index (χ1n) is 5.14. The lowest BCUT2D eigenvalue weighted by Crippen LogP contribution is -1.87. The molecule has 2 aromatic rings. The first-order valence-corrected chi connectivity index (χ1v) is 6.37.